The summed E-state index contributed by atoms with van der Waals surface area (Å²) in [5.74, 6) is -2.74. The Balaban J connectivity index is 1.24. The minimum absolute atomic E-state index is 0.121. The van der Waals surface area contributed by atoms with Gasteiger partial charge in [0.15, 0.2) is 0 Å². The largest absolute Gasteiger partial charge is 0.333 e. The molecule has 2 saturated heterocycles. The summed E-state index contributed by atoms with van der Waals surface area (Å²) in [4.78, 5) is 79.0. The fourth-order valence-corrected chi connectivity index (χ4v) is 4.98. The SMILES string of the molecule is O=C(CCCCCCCCCCCCCCCCCCCCC(=O)ON1C(=O)CCC1=O)ON1C(=O)CCC1=O. The summed E-state index contributed by atoms with van der Waals surface area (Å²) in [7, 11) is 0. The van der Waals surface area contributed by atoms with Crippen molar-refractivity contribution in [3.8, 4) is 0 Å². The molecule has 2 heterocycles. The minimum atomic E-state index is -0.505. The maximum atomic E-state index is 11.7. The number of carbonyl (C=O) groups is 6. The molecule has 0 atom stereocenters. The van der Waals surface area contributed by atoms with E-state index in [9.17, 15) is 28.8 Å². The molecule has 0 saturated carbocycles. The van der Waals surface area contributed by atoms with E-state index in [0.29, 0.717) is 10.1 Å². The second kappa shape index (κ2) is 20.2. The molecule has 0 N–H and O–H groups in total. The van der Waals surface area contributed by atoms with Gasteiger partial charge in [0.25, 0.3) is 23.6 Å². The van der Waals surface area contributed by atoms with E-state index in [2.05, 4.69) is 0 Å². The zero-order valence-corrected chi connectivity index (χ0v) is 24.1. The summed E-state index contributed by atoms with van der Waals surface area (Å²) in [5.41, 5.74) is 0. The molecule has 2 fully saturated rings. The van der Waals surface area contributed by atoms with Crippen LogP contribution in [0.2, 0.25) is 0 Å². The van der Waals surface area contributed by atoms with Crippen molar-refractivity contribution in [3.05, 3.63) is 0 Å². The van der Waals surface area contributed by atoms with E-state index in [0.717, 1.165) is 38.5 Å². The van der Waals surface area contributed by atoms with Gasteiger partial charge in [-0.05, 0) is 12.8 Å². The van der Waals surface area contributed by atoms with Crippen LogP contribution in [0, 0.1) is 0 Å². The normalized spacial score (nSPS) is 15.4. The molecule has 0 aromatic carbocycles. The molecule has 0 radical (unpaired) electrons. The van der Waals surface area contributed by atoms with Crippen molar-refractivity contribution in [1.29, 1.82) is 0 Å². The van der Waals surface area contributed by atoms with Gasteiger partial charge in [-0.3, -0.25) is 19.2 Å². The topological polar surface area (TPSA) is 127 Å². The summed E-state index contributed by atoms with van der Waals surface area (Å²) < 4.78 is 0. The number of hydrogen-bond donors (Lipinski definition) is 0. The van der Waals surface area contributed by atoms with Crippen LogP contribution in [0.1, 0.15) is 154 Å². The fourth-order valence-electron chi connectivity index (χ4n) is 4.98. The lowest BCUT2D eigenvalue weighted by Gasteiger charge is -2.12. The molecule has 2 aliphatic heterocycles. The molecule has 0 aliphatic carbocycles. The van der Waals surface area contributed by atoms with Crippen LogP contribution < -0.4 is 0 Å². The van der Waals surface area contributed by atoms with E-state index in [1.165, 1.54) is 77.0 Å². The number of hydroxylamine groups is 4. The third-order valence-electron chi connectivity index (χ3n) is 7.41. The first-order chi connectivity index (χ1) is 19.4. The van der Waals surface area contributed by atoms with Gasteiger partial charge in [0.05, 0.1) is 0 Å². The molecule has 0 aromatic rings. The van der Waals surface area contributed by atoms with Gasteiger partial charge in [-0.2, -0.15) is 0 Å². The Morgan fingerprint density at radius 2 is 0.600 bits per heavy atom. The van der Waals surface area contributed by atoms with E-state index in [1.54, 1.807) is 0 Å². The Morgan fingerprint density at radius 1 is 0.400 bits per heavy atom. The predicted molar refractivity (Wildman–Crippen MR) is 147 cm³/mol. The molecule has 10 heteroatoms. The molecule has 40 heavy (non-hydrogen) atoms. The monoisotopic (exact) mass is 564 g/mol. The van der Waals surface area contributed by atoms with Crippen molar-refractivity contribution < 1.29 is 38.4 Å². The Bertz CT molecular complexity index is 744. The van der Waals surface area contributed by atoms with Crippen LogP contribution >= 0.6 is 0 Å². The molecule has 2 rings (SSSR count). The highest BCUT2D eigenvalue weighted by Gasteiger charge is 2.33. The smallest absolute Gasteiger partial charge is 0.330 e. The van der Waals surface area contributed by atoms with Crippen molar-refractivity contribution in [2.45, 2.75) is 154 Å². The highest BCUT2D eigenvalue weighted by molar-refractivity contribution is 6.02. The lowest BCUT2D eigenvalue weighted by atomic mass is 10.0. The Labute approximate surface area is 238 Å². The Hall–Kier alpha value is -2.78. The van der Waals surface area contributed by atoms with Gasteiger partial charge in [0.2, 0.25) is 0 Å². The number of nitrogens with zero attached hydrogens (tertiary/aromatic N) is 2. The molecule has 0 spiro atoms. The molecule has 226 valence electrons. The Kier molecular flexibility index (Phi) is 16.8. The zero-order chi connectivity index (χ0) is 29.0. The molecule has 2 aliphatic rings. The third-order valence-corrected chi connectivity index (χ3v) is 7.41. The number of amides is 4. The molecule has 4 amide bonds. The first-order valence-electron chi connectivity index (χ1n) is 15.5. The van der Waals surface area contributed by atoms with Crippen LogP contribution in [0.3, 0.4) is 0 Å². The van der Waals surface area contributed by atoms with Crippen LogP contribution in [0.4, 0.5) is 0 Å². The van der Waals surface area contributed by atoms with Crippen LogP contribution in [-0.2, 0) is 38.4 Å². The molecule has 0 aromatic heterocycles. The maximum Gasteiger partial charge on any atom is 0.333 e. The lowest BCUT2D eigenvalue weighted by Crippen LogP contribution is -2.31. The van der Waals surface area contributed by atoms with Crippen molar-refractivity contribution in [1.82, 2.24) is 10.1 Å². The highest BCUT2D eigenvalue weighted by Crippen LogP contribution is 2.17. The van der Waals surface area contributed by atoms with Gasteiger partial charge < -0.3 is 9.68 Å². The van der Waals surface area contributed by atoms with E-state index >= 15 is 0 Å². The second-order valence-corrected chi connectivity index (χ2v) is 11.0. The van der Waals surface area contributed by atoms with E-state index in [-0.39, 0.29) is 38.5 Å². The first-order valence-corrected chi connectivity index (χ1v) is 15.5. The maximum absolute atomic E-state index is 11.7. The number of carbonyl (C=O) groups excluding carboxylic acids is 6. The lowest BCUT2D eigenvalue weighted by molar-refractivity contribution is -0.197. The van der Waals surface area contributed by atoms with E-state index < -0.39 is 35.6 Å². The van der Waals surface area contributed by atoms with Crippen molar-refractivity contribution in [2.24, 2.45) is 0 Å². The molecular weight excluding hydrogens is 516 g/mol. The van der Waals surface area contributed by atoms with Crippen LogP contribution in [0.25, 0.3) is 0 Å². The van der Waals surface area contributed by atoms with Crippen LogP contribution in [0.15, 0.2) is 0 Å². The predicted octanol–water partition coefficient (Wildman–Crippen LogP) is 6.00. The molecule has 0 unspecified atom stereocenters. The van der Waals surface area contributed by atoms with Gasteiger partial charge in [-0.15, -0.1) is 10.1 Å². The third kappa shape index (κ3) is 14.0. The van der Waals surface area contributed by atoms with Gasteiger partial charge in [-0.25, -0.2) is 9.59 Å². The number of hydrogen-bond acceptors (Lipinski definition) is 8. The number of rotatable bonds is 23. The average molecular weight is 565 g/mol. The summed E-state index contributed by atoms with van der Waals surface area (Å²) >= 11 is 0. The quantitative estimate of drug-likeness (QED) is 0.109. The summed E-state index contributed by atoms with van der Waals surface area (Å²) in [6.07, 6.45) is 21.5. The standard InChI is InChI=1S/C30H48N2O8/c33-25-21-22-26(34)31(25)39-29(37)19-17-15-13-11-9-7-5-3-1-2-4-6-8-10-12-14-16-18-20-30(38)40-32-27(35)23-24-28(32)36/h1-24H2. The minimum Gasteiger partial charge on any atom is -0.330 e. The molecular formula is C30H48N2O8. The average Bonchev–Trinajstić information content (AvgIpc) is 3.42. The van der Waals surface area contributed by atoms with Gasteiger partial charge in [-0.1, -0.05) is 103 Å². The van der Waals surface area contributed by atoms with E-state index in [1.807, 2.05) is 0 Å². The second-order valence-electron chi connectivity index (χ2n) is 11.0. The number of imide groups is 2. The summed E-state index contributed by atoms with van der Waals surface area (Å²) in [5, 5.41) is 1.23. The first kappa shape index (κ1) is 33.4. The summed E-state index contributed by atoms with van der Waals surface area (Å²) in [6, 6.07) is 0. The van der Waals surface area contributed by atoms with Crippen molar-refractivity contribution in [2.75, 3.05) is 0 Å². The zero-order valence-electron chi connectivity index (χ0n) is 24.1. The van der Waals surface area contributed by atoms with Crippen LogP contribution in [0.5, 0.6) is 0 Å². The van der Waals surface area contributed by atoms with Crippen molar-refractivity contribution >= 4 is 35.6 Å². The Morgan fingerprint density at radius 3 is 0.825 bits per heavy atom. The van der Waals surface area contributed by atoms with Gasteiger partial charge >= 0.3 is 11.9 Å². The fraction of sp³-hybridized carbons (Fsp3) is 0.800. The molecule has 10 nitrogen and oxygen atoms in total. The van der Waals surface area contributed by atoms with E-state index in [4.69, 9.17) is 9.68 Å². The molecule has 0 bridgehead atoms. The van der Waals surface area contributed by atoms with Crippen LogP contribution in [-0.4, -0.2) is 45.7 Å². The van der Waals surface area contributed by atoms with Gasteiger partial charge in [0.1, 0.15) is 0 Å². The summed E-state index contributed by atoms with van der Waals surface area (Å²) in [6.45, 7) is 0. The van der Waals surface area contributed by atoms with Gasteiger partial charge in [0, 0.05) is 38.5 Å². The highest BCUT2D eigenvalue weighted by atomic mass is 16.7. The number of unbranched alkanes of at least 4 members (excludes halogenated alkanes) is 17. The van der Waals surface area contributed by atoms with Crippen molar-refractivity contribution in [3.63, 3.8) is 0 Å².